The Hall–Kier alpha value is -2.18. The van der Waals surface area contributed by atoms with E-state index in [1.807, 2.05) is 31.3 Å². The molecule has 0 radical (unpaired) electrons. The summed E-state index contributed by atoms with van der Waals surface area (Å²) in [5.74, 6) is 2.83. The zero-order valence-corrected chi connectivity index (χ0v) is 18.8. The van der Waals surface area contributed by atoms with E-state index in [1.165, 1.54) is 0 Å². The van der Waals surface area contributed by atoms with Gasteiger partial charge in [-0.2, -0.15) is 0 Å². The zero-order valence-electron chi connectivity index (χ0n) is 16.5. The number of rotatable bonds is 6. The molecule has 2 aromatic carbocycles. The van der Waals surface area contributed by atoms with Crippen molar-refractivity contribution in [3.63, 3.8) is 0 Å². The molecule has 28 heavy (non-hydrogen) atoms. The van der Waals surface area contributed by atoms with Crippen LogP contribution in [0.2, 0.25) is 0 Å². The Morgan fingerprint density at radius 1 is 0.821 bits per heavy atom. The summed E-state index contributed by atoms with van der Waals surface area (Å²) in [6.45, 7) is 0. The Labute approximate surface area is 179 Å². The number of hydrogen-bond donors (Lipinski definition) is 0. The van der Waals surface area contributed by atoms with Gasteiger partial charge in [-0.05, 0) is 35.2 Å². The van der Waals surface area contributed by atoms with Gasteiger partial charge in [-0.1, -0.05) is 15.9 Å². The highest BCUT2D eigenvalue weighted by Gasteiger charge is 2.19. The molecule has 0 saturated heterocycles. The monoisotopic (exact) mass is 467 g/mol. The largest absolute Gasteiger partial charge is 1.00 e. The van der Waals surface area contributed by atoms with Gasteiger partial charge in [0.15, 0.2) is 34.9 Å². The summed E-state index contributed by atoms with van der Waals surface area (Å²) >= 11 is 3.66. The van der Waals surface area contributed by atoms with E-state index in [2.05, 4.69) is 32.8 Å². The van der Waals surface area contributed by atoms with Crippen molar-refractivity contribution in [1.82, 2.24) is 0 Å². The van der Waals surface area contributed by atoms with Crippen molar-refractivity contribution < 1.29 is 35.9 Å². The average Bonchev–Trinajstić information content (AvgIpc) is 2.69. The minimum atomic E-state index is 0. The van der Waals surface area contributed by atoms with Crippen molar-refractivity contribution in [2.45, 2.75) is 6.42 Å². The first-order valence-electron chi connectivity index (χ1n) is 8.46. The highest BCUT2D eigenvalue weighted by Crippen LogP contribution is 2.36. The van der Waals surface area contributed by atoms with Crippen LogP contribution in [-0.2, 0) is 13.5 Å². The van der Waals surface area contributed by atoms with E-state index in [0.717, 1.165) is 32.3 Å². The molecule has 0 saturated carbocycles. The molecule has 0 spiro atoms. The van der Waals surface area contributed by atoms with Crippen LogP contribution in [0.3, 0.4) is 0 Å². The predicted octanol–water partition coefficient (Wildman–Crippen LogP) is 1.06. The summed E-state index contributed by atoms with van der Waals surface area (Å²) in [6.07, 6.45) is 2.77. The molecule has 0 N–H and O–H groups in total. The second kappa shape index (κ2) is 9.34. The Balaban J connectivity index is 0.00000280. The maximum atomic E-state index is 5.50. The lowest BCUT2D eigenvalue weighted by atomic mass is 10.0. The van der Waals surface area contributed by atoms with Crippen molar-refractivity contribution in [2.75, 3.05) is 28.4 Å². The molecule has 150 valence electrons. The number of benzene rings is 2. The van der Waals surface area contributed by atoms with E-state index in [1.54, 1.807) is 28.4 Å². The number of aryl methyl sites for hydroxylation is 1. The third-order valence-corrected chi connectivity index (χ3v) is 5.42. The third kappa shape index (κ3) is 4.13. The van der Waals surface area contributed by atoms with Crippen LogP contribution in [0.5, 0.6) is 23.0 Å². The standard InChI is InChI=1S/C21H23BrNO4.ClH/c1-23-7-6-13-9-18(24-2)20(26-4)11-15(13)17(23)8-14-10-19(25-3)21(27-5)12-16(14)22;/h6-7,9-12H,8H2,1-5H3;1H/q+1;/p-1. The van der Waals surface area contributed by atoms with Crippen molar-refractivity contribution in [2.24, 2.45) is 7.05 Å². The maximum absolute atomic E-state index is 5.50. The molecule has 5 nitrogen and oxygen atoms in total. The molecular weight excluding hydrogens is 446 g/mol. The quantitative estimate of drug-likeness (QED) is 0.507. The van der Waals surface area contributed by atoms with Gasteiger partial charge in [-0.3, -0.25) is 0 Å². The first-order chi connectivity index (χ1) is 13.0. The molecule has 7 heteroatoms. The number of hydrogen-bond acceptors (Lipinski definition) is 4. The van der Waals surface area contributed by atoms with E-state index >= 15 is 0 Å². The topological polar surface area (TPSA) is 40.8 Å². The fourth-order valence-corrected chi connectivity index (χ4v) is 3.65. The summed E-state index contributed by atoms with van der Waals surface area (Å²) in [4.78, 5) is 0. The SMILES string of the molecule is COc1cc(Br)c(Cc2c3cc(OC)c(OC)cc3cc[n+]2C)cc1OC.[Cl-]. The minimum Gasteiger partial charge on any atom is -1.00 e. The van der Waals surface area contributed by atoms with Crippen LogP contribution in [-0.4, -0.2) is 28.4 Å². The molecule has 0 unspecified atom stereocenters. The molecule has 0 fully saturated rings. The van der Waals surface area contributed by atoms with Crippen LogP contribution in [0.25, 0.3) is 10.8 Å². The van der Waals surface area contributed by atoms with E-state index in [9.17, 15) is 0 Å². The lowest BCUT2D eigenvalue weighted by Gasteiger charge is -2.13. The zero-order chi connectivity index (χ0) is 19.6. The Bertz CT molecular complexity index is 994. The van der Waals surface area contributed by atoms with Gasteiger partial charge in [0.2, 0.25) is 0 Å². The number of ether oxygens (including phenoxy) is 4. The summed E-state index contributed by atoms with van der Waals surface area (Å²) < 4.78 is 24.9. The fraction of sp³-hybridized carbons (Fsp3) is 0.286. The Morgan fingerprint density at radius 2 is 1.36 bits per heavy atom. The van der Waals surface area contributed by atoms with E-state index in [0.29, 0.717) is 23.7 Å². The predicted molar refractivity (Wildman–Crippen MR) is 108 cm³/mol. The number of methoxy groups -OCH3 is 4. The summed E-state index contributed by atoms with van der Waals surface area (Å²) in [7, 11) is 8.62. The van der Waals surface area contributed by atoms with Gasteiger partial charge in [0.05, 0.1) is 40.2 Å². The van der Waals surface area contributed by atoms with Crippen molar-refractivity contribution in [3.05, 3.63) is 52.3 Å². The molecule has 0 atom stereocenters. The van der Waals surface area contributed by atoms with Gasteiger partial charge < -0.3 is 31.4 Å². The van der Waals surface area contributed by atoms with Gasteiger partial charge in [0.1, 0.15) is 7.05 Å². The van der Waals surface area contributed by atoms with E-state index in [4.69, 9.17) is 18.9 Å². The van der Waals surface area contributed by atoms with Crippen LogP contribution in [0, 0.1) is 0 Å². The van der Waals surface area contributed by atoms with Gasteiger partial charge in [0.25, 0.3) is 0 Å². The van der Waals surface area contributed by atoms with Gasteiger partial charge in [-0.15, -0.1) is 0 Å². The first kappa shape index (κ1) is 22.1. The molecule has 3 rings (SSSR count). The molecule has 0 aliphatic rings. The lowest BCUT2D eigenvalue weighted by Crippen LogP contribution is -3.00. The van der Waals surface area contributed by atoms with Crippen LogP contribution in [0.15, 0.2) is 41.0 Å². The Kier molecular flexibility index (Phi) is 7.38. The van der Waals surface area contributed by atoms with Crippen molar-refractivity contribution in [1.29, 1.82) is 0 Å². The van der Waals surface area contributed by atoms with Crippen molar-refractivity contribution >= 4 is 26.7 Å². The summed E-state index contributed by atoms with van der Waals surface area (Å²) in [6, 6.07) is 10.0. The van der Waals surface area contributed by atoms with Gasteiger partial charge in [-0.25, -0.2) is 4.57 Å². The fourth-order valence-electron chi connectivity index (χ4n) is 3.19. The molecule has 0 aliphatic carbocycles. The highest BCUT2D eigenvalue weighted by molar-refractivity contribution is 9.10. The molecule has 0 aliphatic heterocycles. The van der Waals surface area contributed by atoms with Crippen LogP contribution < -0.4 is 35.9 Å². The summed E-state index contributed by atoms with van der Waals surface area (Å²) in [5.41, 5.74) is 2.26. The second-order valence-corrected chi connectivity index (χ2v) is 7.00. The number of pyridine rings is 1. The van der Waals surface area contributed by atoms with Crippen LogP contribution in [0.1, 0.15) is 11.3 Å². The molecule has 3 aromatic rings. The number of nitrogens with zero attached hydrogens (tertiary/aromatic N) is 1. The number of aromatic nitrogens is 1. The normalized spacial score (nSPS) is 10.4. The lowest BCUT2D eigenvalue weighted by molar-refractivity contribution is -0.677. The highest BCUT2D eigenvalue weighted by atomic mass is 79.9. The number of fused-ring (bicyclic) bond motifs is 1. The maximum Gasteiger partial charge on any atom is 0.193 e. The molecule has 1 aromatic heterocycles. The molecule has 0 bridgehead atoms. The molecule has 0 amide bonds. The van der Waals surface area contributed by atoms with E-state index in [-0.39, 0.29) is 12.4 Å². The summed E-state index contributed by atoms with van der Waals surface area (Å²) in [5, 5.41) is 2.21. The van der Waals surface area contributed by atoms with E-state index < -0.39 is 0 Å². The Morgan fingerprint density at radius 3 is 1.96 bits per heavy atom. The number of halogens is 2. The molecule has 1 heterocycles. The van der Waals surface area contributed by atoms with Crippen LogP contribution in [0.4, 0.5) is 0 Å². The molecular formula is C21H23BrClNO4. The second-order valence-electron chi connectivity index (χ2n) is 6.14. The smallest absolute Gasteiger partial charge is 0.193 e. The minimum absolute atomic E-state index is 0. The van der Waals surface area contributed by atoms with Crippen LogP contribution >= 0.6 is 15.9 Å². The van der Waals surface area contributed by atoms with Gasteiger partial charge in [0, 0.05) is 10.5 Å². The average molecular weight is 469 g/mol. The van der Waals surface area contributed by atoms with Gasteiger partial charge >= 0.3 is 0 Å². The first-order valence-corrected chi connectivity index (χ1v) is 9.25. The third-order valence-electron chi connectivity index (χ3n) is 4.68. The van der Waals surface area contributed by atoms with Crippen molar-refractivity contribution in [3.8, 4) is 23.0 Å².